The van der Waals surface area contributed by atoms with E-state index in [4.69, 9.17) is 0 Å². The summed E-state index contributed by atoms with van der Waals surface area (Å²) in [4.78, 5) is 0. The van der Waals surface area contributed by atoms with Gasteiger partial charge in [0.1, 0.15) is 0 Å². The predicted octanol–water partition coefficient (Wildman–Crippen LogP) is 4.02. The van der Waals surface area contributed by atoms with Crippen LogP contribution in [0.2, 0.25) is 0 Å². The maximum atomic E-state index is 4.31. The first-order valence-electron chi connectivity index (χ1n) is 8.22. The minimum absolute atomic E-state index is 0.371. The summed E-state index contributed by atoms with van der Waals surface area (Å²) in [5.41, 5.74) is 4.10. The van der Waals surface area contributed by atoms with Gasteiger partial charge in [0.25, 0.3) is 0 Å². The van der Waals surface area contributed by atoms with E-state index >= 15 is 0 Å². The number of hydrogen-bond donors (Lipinski definition) is 1. The van der Waals surface area contributed by atoms with E-state index in [1.165, 1.54) is 11.1 Å². The van der Waals surface area contributed by atoms with Gasteiger partial charge in [0.15, 0.2) is 5.82 Å². The number of tetrazole rings is 1. The third-order valence-corrected chi connectivity index (χ3v) is 4.42. The van der Waals surface area contributed by atoms with Gasteiger partial charge in [-0.05, 0) is 61.9 Å². The molecule has 5 nitrogen and oxygen atoms in total. The minimum atomic E-state index is -0.371. The van der Waals surface area contributed by atoms with Crippen molar-refractivity contribution in [2.75, 3.05) is 5.32 Å². The molecule has 24 heavy (non-hydrogen) atoms. The summed E-state index contributed by atoms with van der Waals surface area (Å²) in [7, 11) is 0. The zero-order valence-corrected chi connectivity index (χ0v) is 14.6. The lowest BCUT2D eigenvalue weighted by atomic mass is 9.96. The maximum absolute atomic E-state index is 4.31. The van der Waals surface area contributed by atoms with E-state index in [9.17, 15) is 0 Å². The molecule has 3 aromatic rings. The molecule has 0 spiro atoms. The number of rotatable bonds is 5. The first-order valence-corrected chi connectivity index (χ1v) is 8.22. The molecule has 1 N–H and O–H groups in total. The normalized spacial score (nSPS) is 13.5. The third kappa shape index (κ3) is 3.15. The second kappa shape index (κ2) is 6.43. The lowest BCUT2D eigenvalue weighted by Gasteiger charge is -2.29. The topological polar surface area (TPSA) is 55.6 Å². The maximum Gasteiger partial charge on any atom is 0.181 e. The van der Waals surface area contributed by atoms with E-state index in [-0.39, 0.29) is 5.54 Å². The SMILES string of the molecule is CC[C@](C)(Nc1ccc(C)cc1)c1nnnn1-c1ccc(C)cc1. The predicted molar refractivity (Wildman–Crippen MR) is 96.3 cm³/mol. The summed E-state index contributed by atoms with van der Waals surface area (Å²) >= 11 is 0. The van der Waals surface area contributed by atoms with Crippen molar-refractivity contribution in [3.8, 4) is 5.69 Å². The summed E-state index contributed by atoms with van der Waals surface area (Å²) in [5.74, 6) is 0.800. The second-order valence-corrected chi connectivity index (χ2v) is 6.43. The zero-order valence-electron chi connectivity index (χ0n) is 14.6. The number of anilines is 1. The van der Waals surface area contributed by atoms with Gasteiger partial charge >= 0.3 is 0 Å². The average Bonchev–Trinajstić information content (AvgIpc) is 3.08. The van der Waals surface area contributed by atoms with Crippen LogP contribution in [0.5, 0.6) is 0 Å². The highest BCUT2D eigenvalue weighted by molar-refractivity contribution is 5.48. The van der Waals surface area contributed by atoms with Crippen molar-refractivity contribution in [1.82, 2.24) is 20.2 Å². The fraction of sp³-hybridized carbons (Fsp3) is 0.316. The number of hydrogen-bond acceptors (Lipinski definition) is 4. The Morgan fingerprint density at radius 2 is 1.54 bits per heavy atom. The van der Waals surface area contributed by atoms with Gasteiger partial charge in [0, 0.05) is 5.69 Å². The second-order valence-electron chi connectivity index (χ2n) is 6.43. The average molecular weight is 321 g/mol. The van der Waals surface area contributed by atoms with E-state index < -0.39 is 0 Å². The fourth-order valence-corrected chi connectivity index (χ4v) is 2.65. The van der Waals surface area contributed by atoms with Crippen LogP contribution in [0.1, 0.15) is 37.2 Å². The molecule has 1 heterocycles. The minimum Gasteiger partial charge on any atom is -0.373 e. The number of aromatic nitrogens is 4. The standard InChI is InChI=1S/C19H23N5/c1-5-19(4,20-16-10-6-14(2)7-11-16)18-21-22-23-24(18)17-12-8-15(3)9-13-17/h6-13,20H,5H2,1-4H3/t19-/m0/s1. The molecule has 0 saturated heterocycles. The van der Waals surface area contributed by atoms with Gasteiger partial charge in [0.05, 0.1) is 11.2 Å². The molecule has 0 unspecified atom stereocenters. The molecule has 0 aliphatic heterocycles. The molecule has 3 rings (SSSR count). The Labute approximate surface area is 142 Å². The first kappa shape index (κ1) is 16.2. The van der Waals surface area contributed by atoms with Gasteiger partial charge in [-0.1, -0.05) is 42.3 Å². The van der Waals surface area contributed by atoms with E-state index in [0.717, 1.165) is 23.6 Å². The van der Waals surface area contributed by atoms with Crippen molar-refractivity contribution < 1.29 is 0 Å². The molecule has 0 aliphatic rings. The largest absolute Gasteiger partial charge is 0.373 e. The summed E-state index contributed by atoms with van der Waals surface area (Å²) < 4.78 is 1.81. The third-order valence-electron chi connectivity index (χ3n) is 4.42. The van der Waals surface area contributed by atoms with Crippen molar-refractivity contribution in [2.45, 2.75) is 39.7 Å². The smallest absolute Gasteiger partial charge is 0.181 e. The first-order chi connectivity index (χ1) is 11.5. The van der Waals surface area contributed by atoms with Gasteiger partial charge in [-0.15, -0.1) is 5.10 Å². The molecule has 0 radical (unpaired) electrons. The van der Waals surface area contributed by atoms with Gasteiger partial charge in [-0.25, -0.2) is 0 Å². The van der Waals surface area contributed by atoms with Crippen LogP contribution in [-0.4, -0.2) is 20.2 Å². The van der Waals surface area contributed by atoms with Crippen molar-refractivity contribution in [1.29, 1.82) is 0 Å². The fourth-order valence-electron chi connectivity index (χ4n) is 2.65. The lowest BCUT2D eigenvalue weighted by Crippen LogP contribution is -2.34. The van der Waals surface area contributed by atoms with Crippen molar-refractivity contribution >= 4 is 5.69 Å². The monoisotopic (exact) mass is 321 g/mol. The Morgan fingerprint density at radius 1 is 0.958 bits per heavy atom. The van der Waals surface area contributed by atoms with E-state index in [1.807, 2.05) is 16.8 Å². The Morgan fingerprint density at radius 3 is 2.12 bits per heavy atom. The summed E-state index contributed by atoms with van der Waals surface area (Å²) in [5, 5.41) is 16.0. The molecule has 1 atom stereocenters. The number of nitrogens with zero attached hydrogens (tertiary/aromatic N) is 4. The van der Waals surface area contributed by atoms with Crippen LogP contribution >= 0.6 is 0 Å². The number of aryl methyl sites for hydroxylation is 2. The van der Waals surface area contributed by atoms with Crippen LogP contribution in [0.25, 0.3) is 5.69 Å². The molecule has 1 aromatic heterocycles. The molecular weight excluding hydrogens is 298 g/mol. The summed E-state index contributed by atoms with van der Waals surface area (Å²) in [6, 6.07) is 16.6. The van der Waals surface area contributed by atoms with Crippen molar-refractivity contribution in [3.63, 3.8) is 0 Å². The van der Waals surface area contributed by atoms with E-state index in [2.05, 4.69) is 84.9 Å². The lowest BCUT2D eigenvalue weighted by molar-refractivity contribution is 0.474. The van der Waals surface area contributed by atoms with Crippen LogP contribution in [0, 0.1) is 13.8 Å². The molecule has 0 amide bonds. The quantitative estimate of drug-likeness (QED) is 0.771. The van der Waals surface area contributed by atoms with Crippen LogP contribution in [0.4, 0.5) is 5.69 Å². The van der Waals surface area contributed by atoms with Crippen LogP contribution in [0.3, 0.4) is 0 Å². The highest BCUT2D eigenvalue weighted by Gasteiger charge is 2.31. The van der Waals surface area contributed by atoms with Crippen LogP contribution < -0.4 is 5.32 Å². The Kier molecular flexibility index (Phi) is 4.34. The summed E-state index contributed by atoms with van der Waals surface area (Å²) in [6.07, 6.45) is 0.854. The Hall–Kier alpha value is -2.69. The van der Waals surface area contributed by atoms with Crippen molar-refractivity contribution in [3.05, 3.63) is 65.5 Å². The molecule has 0 bridgehead atoms. The molecule has 124 valence electrons. The van der Waals surface area contributed by atoms with Gasteiger partial charge in [0.2, 0.25) is 0 Å². The molecule has 0 aliphatic carbocycles. The zero-order chi connectivity index (χ0) is 17.2. The molecule has 0 saturated carbocycles. The van der Waals surface area contributed by atoms with Crippen LogP contribution in [-0.2, 0) is 5.54 Å². The van der Waals surface area contributed by atoms with E-state index in [0.29, 0.717) is 0 Å². The van der Waals surface area contributed by atoms with Crippen molar-refractivity contribution in [2.24, 2.45) is 0 Å². The van der Waals surface area contributed by atoms with Gasteiger partial charge in [-0.2, -0.15) is 4.68 Å². The number of nitrogens with one attached hydrogen (secondary N) is 1. The molecule has 2 aromatic carbocycles. The summed E-state index contributed by atoms with van der Waals surface area (Å²) in [6.45, 7) is 8.42. The highest BCUT2D eigenvalue weighted by Crippen LogP contribution is 2.29. The van der Waals surface area contributed by atoms with Crippen LogP contribution in [0.15, 0.2) is 48.5 Å². The molecule has 0 fully saturated rings. The number of benzene rings is 2. The van der Waals surface area contributed by atoms with Gasteiger partial charge in [-0.3, -0.25) is 0 Å². The molecule has 5 heteroatoms. The van der Waals surface area contributed by atoms with Gasteiger partial charge < -0.3 is 5.32 Å². The Bertz CT molecular complexity index is 805. The molecular formula is C19H23N5. The van der Waals surface area contributed by atoms with E-state index in [1.54, 1.807) is 0 Å². The highest BCUT2D eigenvalue weighted by atomic mass is 15.6. The Balaban J connectivity index is 1.97.